The third kappa shape index (κ3) is 3.55. The molecule has 1 aliphatic carbocycles. The summed E-state index contributed by atoms with van der Waals surface area (Å²) in [7, 11) is 0. The van der Waals surface area contributed by atoms with Gasteiger partial charge in [-0.2, -0.15) is 0 Å². The van der Waals surface area contributed by atoms with Gasteiger partial charge in [-0.25, -0.2) is 4.98 Å². The van der Waals surface area contributed by atoms with E-state index in [1.54, 1.807) is 24.7 Å². The van der Waals surface area contributed by atoms with E-state index in [2.05, 4.69) is 4.98 Å². The molecule has 1 atom stereocenters. The van der Waals surface area contributed by atoms with Crippen LogP contribution in [0.15, 0.2) is 30.9 Å². The van der Waals surface area contributed by atoms with Crippen LogP contribution in [0.2, 0.25) is 0 Å². The maximum absolute atomic E-state index is 12.0. The molecule has 0 amide bonds. The van der Waals surface area contributed by atoms with Gasteiger partial charge in [0.15, 0.2) is 11.5 Å². The standard InChI is InChI=1S/C18H21N3O4/c1-12(2)17(10-20-9-8-19-11-20)25-16-7-6-13-14(18(16)21(23)24)4-3-5-15(13)22/h6-9,11-12,17H,3-5,10H2,1-2H3/t17-/m1/s1. The smallest absolute Gasteiger partial charge is 0.314 e. The topological polar surface area (TPSA) is 87.3 Å². The van der Waals surface area contributed by atoms with Crippen LogP contribution < -0.4 is 4.74 Å². The van der Waals surface area contributed by atoms with Crippen LogP contribution in [0.1, 0.15) is 42.6 Å². The molecule has 2 aromatic rings. The van der Waals surface area contributed by atoms with E-state index in [1.165, 1.54) is 0 Å². The molecule has 1 heterocycles. The Kier molecular flexibility index (Phi) is 4.83. The molecule has 0 saturated carbocycles. The third-order valence-electron chi connectivity index (χ3n) is 4.53. The fourth-order valence-electron chi connectivity index (χ4n) is 3.13. The van der Waals surface area contributed by atoms with Crippen molar-refractivity contribution in [3.8, 4) is 5.75 Å². The number of hydrogen-bond acceptors (Lipinski definition) is 5. The molecule has 1 aromatic carbocycles. The molecule has 0 fully saturated rings. The van der Waals surface area contributed by atoms with Gasteiger partial charge in [0, 0.05) is 29.9 Å². The molecule has 0 unspecified atom stereocenters. The number of carbonyl (C=O) groups is 1. The number of rotatable bonds is 6. The van der Waals surface area contributed by atoms with Crippen molar-refractivity contribution in [3.63, 3.8) is 0 Å². The van der Waals surface area contributed by atoms with Crippen molar-refractivity contribution < 1.29 is 14.5 Å². The highest BCUT2D eigenvalue weighted by Gasteiger charge is 2.31. The first-order chi connectivity index (χ1) is 12.0. The minimum atomic E-state index is -0.429. The Balaban J connectivity index is 1.95. The summed E-state index contributed by atoms with van der Waals surface area (Å²) in [6.45, 7) is 4.57. The Bertz CT molecular complexity index is 784. The molecule has 0 bridgehead atoms. The fraction of sp³-hybridized carbons (Fsp3) is 0.444. The van der Waals surface area contributed by atoms with E-state index >= 15 is 0 Å². The number of nitro groups is 1. The van der Waals surface area contributed by atoms with Crippen LogP contribution in [-0.2, 0) is 13.0 Å². The number of hydrogen-bond donors (Lipinski definition) is 0. The maximum Gasteiger partial charge on any atom is 0.314 e. The van der Waals surface area contributed by atoms with Gasteiger partial charge in [0.05, 0.1) is 17.8 Å². The molecule has 25 heavy (non-hydrogen) atoms. The van der Waals surface area contributed by atoms with E-state index in [1.807, 2.05) is 24.6 Å². The summed E-state index contributed by atoms with van der Waals surface area (Å²) in [5.74, 6) is 0.353. The molecule has 0 aliphatic heterocycles. The Morgan fingerprint density at radius 2 is 2.16 bits per heavy atom. The van der Waals surface area contributed by atoms with Crippen molar-refractivity contribution >= 4 is 11.5 Å². The zero-order chi connectivity index (χ0) is 18.0. The Morgan fingerprint density at radius 1 is 1.36 bits per heavy atom. The van der Waals surface area contributed by atoms with Crippen LogP contribution >= 0.6 is 0 Å². The minimum Gasteiger partial charge on any atom is -0.481 e. The van der Waals surface area contributed by atoms with Gasteiger partial charge >= 0.3 is 5.69 Å². The number of nitro benzene ring substituents is 1. The summed E-state index contributed by atoms with van der Waals surface area (Å²) >= 11 is 0. The van der Waals surface area contributed by atoms with Gasteiger partial charge in [-0.05, 0) is 30.9 Å². The number of imidazole rings is 1. The second-order valence-electron chi connectivity index (χ2n) is 6.63. The molecule has 7 nitrogen and oxygen atoms in total. The van der Waals surface area contributed by atoms with Gasteiger partial charge in [0.2, 0.25) is 0 Å². The third-order valence-corrected chi connectivity index (χ3v) is 4.53. The Labute approximate surface area is 145 Å². The first kappa shape index (κ1) is 17.1. The van der Waals surface area contributed by atoms with Crippen molar-refractivity contribution in [2.75, 3.05) is 0 Å². The first-order valence-electron chi connectivity index (χ1n) is 8.43. The van der Waals surface area contributed by atoms with E-state index in [9.17, 15) is 14.9 Å². The minimum absolute atomic E-state index is 0.0327. The molecule has 0 spiro atoms. The summed E-state index contributed by atoms with van der Waals surface area (Å²) in [6, 6.07) is 3.22. The number of nitrogens with zero attached hydrogens (tertiary/aromatic N) is 3. The van der Waals surface area contributed by atoms with E-state index in [0.717, 1.165) is 0 Å². The average molecular weight is 343 g/mol. The number of carbonyl (C=O) groups excluding carboxylic acids is 1. The lowest BCUT2D eigenvalue weighted by molar-refractivity contribution is -0.386. The van der Waals surface area contributed by atoms with Crippen molar-refractivity contribution in [3.05, 3.63) is 52.1 Å². The summed E-state index contributed by atoms with van der Waals surface area (Å²) in [5.41, 5.74) is 0.895. The predicted octanol–water partition coefficient (Wildman–Crippen LogP) is 3.41. The normalized spacial score (nSPS) is 15.1. The lowest BCUT2D eigenvalue weighted by Crippen LogP contribution is -2.29. The summed E-state index contributed by atoms with van der Waals surface area (Å²) in [6.07, 6.45) is 6.58. The Morgan fingerprint density at radius 3 is 2.80 bits per heavy atom. The monoisotopic (exact) mass is 343 g/mol. The molecule has 0 radical (unpaired) electrons. The molecule has 3 rings (SSSR count). The summed E-state index contributed by atoms with van der Waals surface area (Å²) in [4.78, 5) is 27.3. The molecule has 0 N–H and O–H groups in total. The van der Waals surface area contributed by atoms with Crippen LogP contribution in [0.5, 0.6) is 5.75 Å². The van der Waals surface area contributed by atoms with Crippen molar-refractivity contribution in [2.24, 2.45) is 5.92 Å². The predicted molar refractivity (Wildman–Crippen MR) is 91.8 cm³/mol. The molecule has 132 valence electrons. The van der Waals surface area contributed by atoms with Crippen molar-refractivity contribution in [1.29, 1.82) is 0 Å². The van der Waals surface area contributed by atoms with E-state index in [0.29, 0.717) is 36.9 Å². The second-order valence-corrected chi connectivity index (χ2v) is 6.63. The van der Waals surface area contributed by atoms with Gasteiger partial charge in [-0.1, -0.05) is 13.8 Å². The quantitative estimate of drug-likeness (QED) is 0.592. The van der Waals surface area contributed by atoms with Gasteiger partial charge in [0.25, 0.3) is 0 Å². The fourth-order valence-corrected chi connectivity index (χ4v) is 3.13. The molecular formula is C18H21N3O4. The number of ether oxygens (including phenoxy) is 1. The lowest BCUT2D eigenvalue weighted by atomic mass is 9.89. The van der Waals surface area contributed by atoms with Gasteiger partial charge < -0.3 is 9.30 Å². The van der Waals surface area contributed by atoms with Crippen molar-refractivity contribution in [2.45, 2.75) is 45.8 Å². The molecule has 1 aliphatic rings. The highest BCUT2D eigenvalue weighted by Crippen LogP contribution is 2.38. The number of fused-ring (bicyclic) bond motifs is 1. The molecule has 0 saturated heterocycles. The highest BCUT2D eigenvalue weighted by atomic mass is 16.6. The van der Waals surface area contributed by atoms with Crippen LogP contribution in [0.25, 0.3) is 0 Å². The number of ketones is 1. The number of Topliss-reactive ketones (excluding diaryl/α,β-unsaturated/α-hetero) is 1. The zero-order valence-electron chi connectivity index (χ0n) is 14.3. The molecule has 7 heteroatoms. The zero-order valence-corrected chi connectivity index (χ0v) is 14.3. The second kappa shape index (κ2) is 7.04. The Hall–Kier alpha value is -2.70. The number of aromatic nitrogens is 2. The summed E-state index contributed by atoms with van der Waals surface area (Å²) < 4.78 is 7.93. The van der Waals surface area contributed by atoms with E-state index in [-0.39, 0.29) is 29.2 Å². The average Bonchev–Trinajstić information content (AvgIpc) is 3.07. The summed E-state index contributed by atoms with van der Waals surface area (Å²) in [5, 5.41) is 11.7. The maximum atomic E-state index is 12.0. The van der Waals surface area contributed by atoms with E-state index in [4.69, 9.17) is 4.74 Å². The van der Waals surface area contributed by atoms with Crippen LogP contribution in [0.3, 0.4) is 0 Å². The molecular weight excluding hydrogens is 322 g/mol. The van der Waals surface area contributed by atoms with Crippen LogP contribution in [0.4, 0.5) is 5.69 Å². The molecule has 1 aromatic heterocycles. The first-order valence-corrected chi connectivity index (χ1v) is 8.43. The van der Waals surface area contributed by atoms with Crippen LogP contribution in [0, 0.1) is 16.0 Å². The van der Waals surface area contributed by atoms with Gasteiger partial charge in [0.1, 0.15) is 6.10 Å². The van der Waals surface area contributed by atoms with Crippen molar-refractivity contribution in [1.82, 2.24) is 9.55 Å². The highest BCUT2D eigenvalue weighted by molar-refractivity contribution is 5.99. The SMILES string of the molecule is CC(C)[C@@H](Cn1ccnc1)Oc1ccc2c(c1[N+](=O)[O-])CCCC2=O. The van der Waals surface area contributed by atoms with E-state index < -0.39 is 4.92 Å². The van der Waals surface area contributed by atoms with Crippen LogP contribution in [-0.4, -0.2) is 26.4 Å². The largest absolute Gasteiger partial charge is 0.481 e. The lowest BCUT2D eigenvalue weighted by Gasteiger charge is -2.24. The van der Waals surface area contributed by atoms with Gasteiger partial charge in [-0.15, -0.1) is 0 Å². The number of benzene rings is 1. The van der Waals surface area contributed by atoms with Gasteiger partial charge in [-0.3, -0.25) is 14.9 Å².